The zero-order valence-electron chi connectivity index (χ0n) is 17.9. The minimum Gasteiger partial charge on any atom is -0.324 e. The third-order valence-electron chi connectivity index (χ3n) is 5.34. The van der Waals surface area contributed by atoms with Crippen molar-refractivity contribution in [2.75, 3.05) is 5.32 Å². The number of benzene rings is 2. The van der Waals surface area contributed by atoms with E-state index in [0.717, 1.165) is 27.8 Å². The lowest BCUT2D eigenvalue weighted by atomic mass is 10.0. The van der Waals surface area contributed by atoms with Crippen LogP contribution in [0.15, 0.2) is 79.3 Å². The Kier molecular flexibility index (Phi) is 5.62. The van der Waals surface area contributed by atoms with Crippen LogP contribution < -0.4 is 5.32 Å². The van der Waals surface area contributed by atoms with Gasteiger partial charge in [-0.1, -0.05) is 54.1 Å². The summed E-state index contributed by atoms with van der Waals surface area (Å²) in [5, 5.41) is 13.3. The zero-order valence-corrected chi connectivity index (χ0v) is 18.7. The van der Waals surface area contributed by atoms with E-state index in [1.807, 2.05) is 55.5 Å². The molecular formula is C25H21ClN6O. The highest BCUT2D eigenvalue weighted by atomic mass is 35.5. The summed E-state index contributed by atoms with van der Waals surface area (Å²) in [4.78, 5) is 17.3. The van der Waals surface area contributed by atoms with Crippen molar-refractivity contribution >= 4 is 34.2 Å². The van der Waals surface area contributed by atoms with Crippen molar-refractivity contribution in [2.24, 2.45) is 0 Å². The number of fused-ring (bicyclic) bond motifs is 1. The third-order valence-corrected chi connectivity index (χ3v) is 5.54. The number of pyridine rings is 1. The first-order chi connectivity index (χ1) is 16.1. The summed E-state index contributed by atoms with van der Waals surface area (Å²) in [6.07, 6.45) is 5.11. The number of nitrogens with zero attached hydrogens (tertiary/aromatic N) is 5. The normalized spacial score (nSPS) is 11.1. The van der Waals surface area contributed by atoms with Gasteiger partial charge < -0.3 is 5.32 Å². The van der Waals surface area contributed by atoms with Crippen LogP contribution in [0.4, 0.5) is 5.69 Å². The first kappa shape index (κ1) is 20.9. The molecule has 0 fully saturated rings. The van der Waals surface area contributed by atoms with E-state index in [2.05, 4.69) is 32.6 Å². The van der Waals surface area contributed by atoms with E-state index in [9.17, 15) is 4.79 Å². The maximum atomic E-state index is 12.8. The summed E-state index contributed by atoms with van der Waals surface area (Å²) in [5.41, 5.74) is 5.38. The quantitative estimate of drug-likeness (QED) is 0.392. The fraction of sp³-hybridized carbons (Fsp3) is 0.120. The Morgan fingerprint density at radius 3 is 2.73 bits per heavy atom. The first-order valence-corrected chi connectivity index (χ1v) is 10.9. The van der Waals surface area contributed by atoms with Gasteiger partial charge in [0.15, 0.2) is 5.65 Å². The molecule has 0 saturated carbocycles. The van der Waals surface area contributed by atoms with Crippen molar-refractivity contribution in [3.63, 3.8) is 0 Å². The van der Waals surface area contributed by atoms with Crippen molar-refractivity contribution in [2.45, 2.75) is 20.0 Å². The number of aryl methyl sites for hydroxylation is 1. The summed E-state index contributed by atoms with van der Waals surface area (Å²) in [5.74, 6) is -0.175. The van der Waals surface area contributed by atoms with Gasteiger partial charge in [-0.25, -0.2) is 9.67 Å². The van der Waals surface area contributed by atoms with E-state index in [1.54, 1.807) is 28.0 Å². The molecule has 0 aliphatic carbocycles. The number of anilines is 1. The Morgan fingerprint density at radius 1 is 1.09 bits per heavy atom. The monoisotopic (exact) mass is 456 g/mol. The number of amides is 1. The van der Waals surface area contributed by atoms with Crippen molar-refractivity contribution < 1.29 is 4.79 Å². The van der Waals surface area contributed by atoms with E-state index in [4.69, 9.17) is 11.6 Å². The van der Waals surface area contributed by atoms with Gasteiger partial charge in [0.2, 0.25) is 5.91 Å². The minimum absolute atomic E-state index is 0.0641. The number of aromatic nitrogens is 5. The van der Waals surface area contributed by atoms with Crippen LogP contribution in [0.3, 0.4) is 0 Å². The molecule has 3 aromatic heterocycles. The lowest BCUT2D eigenvalue weighted by Crippen LogP contribution is -2.20. The molecule has 0 radical (unpaired) electrons. The first-order valence-electron chi connectivity index (χ1n) is 10.5. The maximum Gasteiger partial charge on any atom is 0.246 e. The molecular weight excluding hydrogens is 436 g/mol. The Morgan fingerprint density at radius 2 is 1.94 bits per heavy atom. The maximum absolute atomic E-state index is 12.8. The largest absolute Gasteiger partial charge is 0.324 e. The fourth-order valence-electron chi connectivity index (χ4n) is 3.95. The second kappa shape index (κ2) is 8.88. The summed E-state index contributed by atoms with van der Waals surface area (Å²) >= 11 is 5.94. The molecule has 1 N–H and O–H groups in total. The summed E-state index contributed by atoms with van der Waals surface area (Å²) in [6.45, 7) is 2.57. The number of nitrogens with one attached hydrogen (secondary N) is 1. The number of carbonyl (C=O) groups excluding carboxylic acids is 1. The van der Waals surface area contributed by atoms with Crippen LogP contribution in [0.1, 0.15) is 11.3 Å². The molecule has 164 valence electrons. The standard InChI is InChI=1S/C25H21ClN6O/c1-17-24-22(19-7-3-2-4-8-19)10-11-27-25(24)32(30-17)16-23(33)29-21-9-5-6-18(12-21)14-31-15-20(26)13-28-31/h2-13,15H,14,16H2,1H3,(H,29,33). The van der Waals surface area contributed by atoms with Crippen molar-refractivity contribution in [1.29, 1.82) is 0 Å². The Labute approximate surface area is 195 Å². The average Bonchev–Trinajstić information content (AvgIpc) is 3.37. The van der Waals surface area contributed by atoms with Gasteiger partial charge in [-0.3, -0.25) is 9.48 Å². The van der Waals surface area contributed by atoms with Crippen LogP contribution in [-0.4, -0.2) is 30.5 Å². The van der Waals surface area contributed by atoms with E-state index >= 15 is 0 Å². The third kappa shape index (κ3) is 4.49. The predicted molar refractivity (Wildman–Crippen MR) is 129 cm³/mol. The second-order valence-corrected chi connectivity index (χ2v) is 8.21. The van der Waals surface area contributed by atoms with Crippen LogP contribution in [0.25, 0.3) is 22.2 Å². The number of rotatable bonds is 6. The number of halogens is 1. The molecule has 2 aromatic carbocycles. The van der Waals surface area contributed by atoms with Crippen LogP contribution in [0.5, 0.6) is 0 Å². The Bertz CT molecular complexity index is 1440. The van der Waals surface area contributed by atoms with Gasteiger partial charge in [-0.15, -0.1) is 0 Å². The number of hydrogen-bond acceptors (Lipinski definition) is 4. The number of carbonyl (C=O) groups is 1. The highest BCUT2D eigenvalue weighted by Crippen LogP contribution is 2.29. The lowest BCUT2D eigenvalue weighted by molar-refractivity contribution is -0.116. The fourth-order valence-corrected chi connectivity index (χ4v) is 4.10. The van der Waals surface area contributed by atoms with Gasteiger partial charge >= 0.3 is 0 Å². The lowest BCUT2D eigenvalue weighted by Gasteiger charge is -2.09. The molecule has 0 atom stereocenters. The Balaban J connectivity index is 1.35. The van der Waals surface area contributed by atoms with Crippen molar-refractivity contribution in [3.8, 4) is 11.1 Å². The summed E-state index contributed by atoms with van der Waals surface area (Å²) < 4.78 is 3.40. The summed E-state index contributed by atoms with van der Waals surface area (Å²) in [7, 11) is 0. The van der Waals surface area contributed by atoms with Crippen LogP contribution in [-0.2, 0) is 17.9 Å². The smallest absolute Gasteiger partial charge is 0.246 e. The van der Waals surface area contributed by atoms with Gasteiger partial charge in [0.1, 0.15) is 6.54 Å². The topological polar surface area (TPSA) is 77.6 Å². The minimum atomic E-state index is -0.175. The van der Waals surface area contributed by atoms with Crippen LogP contribution in [0.2, 0.25) is 5.02 Å². The molecule has 0 spiro atoms. The van der Waals surface area contributed by atoms with Gasteiger partial charge in [0.05, 0.1) is 23.5 Å². The average molecular weight is 457 g/mol. The van der Waals surface area contributed by atoms with Gasteiger partial charge in [-0.05, 0) is 41.8 Å². The highest BCUT2D eigenvalue weighted by molar-refractivity contribution is 6.30. The van der Waals surface area contributed by atoms with E-state index in [0.29, 0.717) is 22.9 Å². The highest BCUT2D eigenvalue weighted by Gasteiger charge is 2.16. The van der Waals surface area contributed by atoms with Crippen molar-refractivity contribution in [3.05, 3.63) is 95.5 Å². The molecule has 33 heavy (non-hydrogen) atoms. The van der Waals surface area contributed by atoms with Gasteiger partial charge in [0.25, 0.3) is 0 Å². The van der Waals surface area contributed by atoms with E-state index < -0.39 is 0 Å². The molecule has 0 aliphatic heterocycles. The van der Waals surface area contributed by atoms with Crippen LogP contribution >= 0.6 is 11.6 Å². The molecule has 1 amide bonds. The van der Waals surface area contributed by atoms with Crippen LogP contribution in [0, 0.1) is 6.92 Å². The molecule has 5 rings (SSSR count). The molecule has 7 nitrogen and oxygen atoms in total. The zero-order chi connectivity index (χ0) is 22.8. The SMILES string of the molecule is Cc1nn(CC(=O)Nc2cccc(Cn3cc(Cl)cn3)c2)c2nccc(-c3ccccc3)c12. The van der Waals surface area contributed by atoms with Gasteiger partial charge in [0, 0.05) is 23.5 Å². The van der Waals surface area contributed by atoms with Gasteiger partial charge in [-0.2, -0.15) is 10.2 Å². The predicted octanol–water partition coefficient (Wildman–Crippen LogP) is 4.94. The van der Waals surface area contributed by atoms with E-state index in [-0.39, 0.29) is 12.5 Å². The molecule has 3 heterocycles. The summed E-state index contributed by atoms with van der Waals surface area (Å²) in [6, 6.07) is 19.7. The van der Waals surface area contributed by atoms with Crippen molar-refractivity contribution in [1.82, 2.24) is 24.5 Å². The Hall–Kier alpha value is -3.97. The second-order valence-electron chi connectivity index (χ2n) is 7.77. The molecule has 5 aromatic rings. The van der Waals surface area contributed by atoms with E-state index in [1.165, 1.54) is 0 Å². The molecule has 0 bridgehead atoms. The molecule has 0 unspecified atom stereocenters. The molecule has 0 saturated heterocycles. The number of hydrogen-bond donors (Lipinski definition) is 1. The molecule has 0 aliphatic rings. The molecule has 8 heteroatoms.